The Hall–Kier alpha value is -2.88. The van der Waals surface area contributed by atoms with Crippen LogP contribution in [0.2, 0.25) is 5.02 Å². The standard InChI is InChI=1S/C20H13ClF6N2O2/c21-15-7-1-11(2-8-17(30)20(25,26)27)9-14(15)16-10-18(31)29(28-16)13-5-3-12(4-6-13)19(22,23)24/h1,3-7,9H,2,8,10H2. The van der Waals surface area contributed by atoms with Gasteiger partial charge in [0.2, 0.25) is 5.78 Å². The lowest BCUT2D eigenvalue weighted by Gasteiger charge is -2.13. The van der Waals surface area contributed by atoms with Gasteiger partial charge >= 0.3 is 12.4 Å². The number of hydrazone groups is 1. The maximum atomic E-state index is 12.7. The van der Waals surface area contributed by atoms with Crippen LogP contribution in [0, 0.1) is 0 Å². The second-order valence-corrected chi connectivity index (χ2v) is 7.12. The molecule has 164 valence electrons. The quantitative estimate of drug-likeness (QED) is 0.546. The lowest BCUT2D eigenvalue weighted by atomic mass is 10.0. The highest BCUT2D eigenvalue weighted by Crippen LogP contribution is 2.32. The van der Waals surface area contributed by atoms with E-state index in [1.54, 1.807) is 0 Å². The molecular formula is C20H13ClF6N2O2. The van der Waals surface area contributed by atoms with Crippen molar-refractivity contribution >= 4 is 34.7 Å². The van der Waals surface area contributed by atoms with Crippen molar-refractivity contribution < 1.29 is 35.9 Å². The normalized spacial score (nSPS) is 14.7. The molecule has 0 radical (unpaired) electrons. The number of halogens is 7. The van der Waals surface area contributed by atoms with E-state index >= 15 is 0 Å². The van der Waals surface area contributed by atoms with Crippen molar-refractivity contribution in [2.24, 2.45) is 5.10 Å². The molecule has 2 aromatic rings. The summed E-state index contributed by atoms with van der Waals surface area (Å²) < 4.78 is 75.3. The second-order valence-electron chi connectivity index (χ2n) is 6.71. The maximum Gasteiger partial charge on any atom is 0.449 e. The van der Waals surface area contributed by atoms with Gasteiger partial charge in [-0.1, -0.05) is 17.7 Å². The molecule has 0 spiro atoms. The number of hydrogen-bond donors (Lipinski definition) is 0. The number of benzene rings is 2. The van der Waals surface area contributed by atoms with Crippen LogP contribution in [-0.4, -0.2) is 23.6 Å². The number of ketones is 1. The molecular weight excluding hydrogens is 450 g/mol. The van der Waals surface area contributed by atoms with E-state index in [1.807, 2.05) is 0 Å². The van der Waals surface area contributed by atoms with Gasteiger partial charge in [0.15, 0.2) is 0 Å². The topological polar surface area (TPSA) is 49.7 Å². The van der Waals surface area contributed by atoms with Gasteiger partial charge in [-0.15, -0.1) is 0 Å². The van der Waals surface area contributed by atoms with Gasteiger partial charge in [0.25, 0.3) is 5.91 Å². The Morgan fingerprint density at radius 3 is 2.26 bits per heavy atom. The first-order chi connectivity index (χ1) is 14.4. The van der Waals surface area contributed by atoms with Gasteiger partial charge < -0.3 is 0 Å². The molecule has 0 aromatic heterocycles. The van der Waals surface area contributed by atoms with Gasteiger partial charge in [0.1, 0.15) is 0 Å². The summed E-state index contributed by atoms with van der Waals surface area (Å²) in [5.74, 6) is -2.37. The largest absolute Gasteiger partial charge is 0.449 e. The summed E-state index contributed by atoms with van der Waals surface area (Å²) >= 11 is 6.14. The number of Topliss-reactive ketones (excluding diaryl/α,β-unsaturated/α-hetero) is 1. The van der Waals surface area contributed by atoms with Crippen LogP contribution >= 0.6 is 11.6 Å². The van der Waals surface area contributed by atoms with Crippen LogP contribution in [0.5, 0.6) is 0 Å². The van der Waals surface area contributed by atoms with E-state index in [0.717, 1.165) is 29.3 Å². The van der Waals surface area contributed by atoms with E-state index in [9.17, 15) is 35.9 Å². The van der Waals surface area contributed by atoms with Gasteiger partial charge in [-0.3, -0.25) is 9.59 Å². The fraction of sp³-hybridized carbons (Fsp3) is 0.250. The molecule has 0 fully saturated rings. The van der Waals surface area contributed by atoms with Crippen LogP contribution in [0.4, 0.5) is 32.0 Å². The number of nitrogens with zero attached hydrogens (tertiary/aromatic N) is 2. The molecule has 0 aliphatic carbocycles. The second kappa shape index (κ2) is 8.33. The SMILES string of the molecule is O=C1CC(c2cc(CCC(=O)C(F)(F)F)ccc2Cl)=NN1c1ccc(C(F)(F)F)cc1. The van der Waals surface area contributed by atoms with Crippen LogP contribution in [0.3, 0.4) is 0 Å². The highest BCUT2D eigenvalue weighted by molar-refractivity contribution is 6.35. The third-order valence-corrected chi connectivity index (χ3v) is 4.84. The Balaban J connectivity index is 1.82. The van der Waals surface area contributed by atoms with E-state index in [4.69, 9.17) is 11.6 Å². The van der Waals surface area contributed by atoms with Crippen molar-refractivity contribution in [1.82, 2.24) is 0 Å². The zero-order valence-corrected chi connectivity index (χ0v) is 16.3. The lowest BCUT2D eigenvalue weighted by molar-refractivity contribution is -0.171. The minimum Gasteiger partial charge on any atom is -0.290 e. The van der Waals surface area contributed by atoms with Gasteiger partial charge in [-0.05, 0) is 48.4 Å². The maximum absolute atomic E-state index is 12.7. The number of amides is 1. The number of aryl methyl sites for hydroxylation is 1. The minimum atomic E-state index is -4.92. The first kappa shape index (κ1) is 22.8. The third kappa shape index (κ3) is 5.25. The molecule has 0 N–H and O–H groups in total. The summed E-state index contributed by atoms with van der Waals surface area (Å²) in [6.45, 7) is 0. The Kier molecular flexibility index (Phi) is 6.13. The van der Waals surface area contributed by atoms with Crippen molar-refractivity contribution in [3.05, 3.63) is 64.2 Å². The van der Waals surface area contributed by atoms with Crippen LogP contribution in [-0.2, 0) is 22.2 Å². The molecule has 4 nitrogen and oxygen atoms in total. The number of carbonyl (C=O) groups is 2. The average molecular weight is 463 g/mol. The van der Waals surface area contributed by atoms with Crippen LogP contribution in [0.25, 0.3) is 0 Å². The van der Waals surface area contributed by atoms with Gasteiger partial charge in [-0.25, -0.2) is 5.01 Å². The van der Waals surface area contributed by atoms with E-state index in [-0.39, 0.29) is 29.3 Å². The molecule has 1 amide bonds. The monoisotopic (exact) mass is 462 g/mol. The van der Waals surface area contributed by atoms with E-state index in [1.165, 1.54) is 18.2 Å². The predicted octanol–water partition coefficient (Wildman–Crippen LogP) is 5.56. The molecule has 0 saturated carbocycles. The van der Waals surface area contributed by atoms with Crippen LogP contribution < -0.4 is 5.01 Å². The minimum absolute atomic E-state index is 0.121. The predicted molar refractivity (Wildman–Crippen MR) is 101 cm³/mol. The molecule has 1 aliphatic rings. The van der Waals surface area contributed by atoms with Crippen LogP contribution in [0.1, 0.15) is 29.5 Å². The molecule has 2 aromatic carbocycles. The Morgan fingerprint density at radius 2 is 1.68 bits per heavy atom. The van der Waals surface area contributed by atoms with E-state index in [0.29, 0.717) is 11.1 Å². The summed E-state index contributed by atoms with van der Waals surface area (Å²) in [5, 5.41) is 5.25. The first-order valence-electron chi connectivity index (χ1n) is 8.83. The van der Waals surface area contributed by atoms with Gasteiger partial charge in [-0.2, -0.15) is 31.4 Å². The number of rotatable bonds is 5. The van der Waals surface area contributed by atoms with Crippen molar-refractivity contribution in [2.45, 2.75) is 31.6 Å². The molecule has 0 saturated heterocycles. The van der Waals surface area contributed by atoms with Crippen molar-refractivity contribution in [1.29, 1.82) is 0 Å². The summed E-state index contributed by atoms with van der Waals surface area (Å²) in [6, 6.07) is 8.16. The summed E-state index contributed by atoms with van der Waals surface area (Å²) in [6.07, 6.45) is -10.6. The fourth-order valence-electron chi connectivity index (χ4n) is 2.92. The summed E-state index contributed by atoms with van der Waals surface area (Å²) in [4.78, 5) is 23.4. The van der Waals surface area contributed by atoms with Gasteiger partial charge in [0.05, 0.1) is 23.4 Å². The molecule has 31 heavy (non-hydrogen) atoms. The van der Waals surface area contributed by atoms with Crippen molar-refractivity contribution in [3.8, 4) is 0 Å². The van der Waals surface area contributed by atoms with E-state index in [2.05, 4.69) is 5.10 Å². The summed E-state index contributed by atoms with van der Waals surface area (Å²) in [7, 11) is 0. The Bertz CT molecular complexity index is 1050. The molecule has 1 aliphatic heterocycles. The average Bonchev–Trinajstić information content (AvgIpc) is 3.07. The zero-order valence-electron chi connectivity index (χ0n) is 15.5. The smallest absolute Gasteiger partial charge is 0.290 e. The molecule has 3 rings (SSSR count). The summed E-state index contributed by atoms with van der Waals surface area (Å²) in [5.41, 5.74) is 0.132. The highest BCUT2D eigenvalue weighted by Gasteiger charge is 2.37. The molecule has 0 atom stereocenters. The van der Waals surface area contributed by atoms with Crippen molar-refractivity contribution in [2.75, 3.05) is 5.01 Å². The Morgan fingerprint density at radius 1 is 1.03 bits per heavy atom. The zero-order chi connectivity index (χ0) is 23.0. The van der Waals surface area contributed by atoms with Crippen molar-refractivity contribution in [3.63, 3.8) is 0 Å². The number of anilines is 1. The lowest BCUT2D eigenvalue weighted by Crippen LogP contribution is -2.22. The number of carbonyl (C=O) groups excluding carboxylic acids is 2. The Labute approximate surface area is 177 Å². The fourth-order valence-corrected chi connectivity index (χ4v) is 3.15. The molecule has 0 bridgehead atoms. The van der Waals surface area contributed by atoms with Gasteiger partial charge in [0, 0.05) is 17.0 Å². The van der Waals surface area contributed by atoms with E-state index < -0.39 is 36.0 Å². The number of alkyl halides is 6. The number of hydrogen-bond acceptors (Lipinski definition) is 3. The van der Waals surface area contributed by atoms with Crippen LogP contribution in [0.15, 0.2) is 47.6 Å². The highest BCUT2D eigenvalue weighted by atomic mass is 35.5. The third-order valence-electron chi connectivity index (χ3n) is 4.51. The molecule has 1 heterocycles. The first-order valence-corrected chi connectivity index (χ1v) is 9.20. The molecule has 0 unspecified atom stereocenters. The molecule has 11 heteroatoms.